The van der Waals surface area contributed by atoms with Crippen LogP contribution < -0.4 is 5.32 Å². The van der Waals surface area contributed by atoms with E-state index >= 15 is 0 Å². The molecule has 0 aromatic heterocycles. The minimum absolute atomic E-state index is 0. The second-order valence-corrected chi connectivity index (χ2v) is 2.48. The van der Waals surface area contributed by atoms with Crippen LogP contribution in [0, 0.1) is 0 Å². The Kier molecular flexibility index (Phi) is 12.7. The first kappa shape index (κ1) is 14.7. The minimum atomic E-state index is 0. The summed E-state index contributed by atoms with van der Waals surface area (Å²) in [7, 11) is 3.75. The summed E-state index contributed by atoms with van der Waals surface area (Å²) in [5, 5.41) is 2.75. The fourth-order valence-electron chi connectivity index (χ4n) is 0.781. The maximum absolute atomic E-state index is 3.66. The number of halogens is 1. The lowest BCUT2D eigenvalue weighted by atomic mass is 10.2. The van der Waals surface area contributed by atoms with E-state index in [4.69, 9.17) is 0 Å². The van der Waals surface area contributed by atoms with Crippen molar-refractivity contribution in [2.45, 2.75) is 6.42 Å². The molecule has 1 aromatic rings. The summed E-state index contributed by atoms with van der Waals surface area (Å²) in [6.45, 7) is 3.66. The lowest BCUT2D eigenvalue weighted by Crippen LogP contribution is -1.89. The predicted molar refractivity (Wildman–Crippen MR) is 62.6 cm³/mol. The molecule has 1 aromatic carbocycles. The van der Waals surface area contributed by atoms with Crippen molar-refractivity contribution in [2.24, 2.45) is 0 Å². The summed E-state index contributed by atoms with van der Waals surface area (Å²) in [4.78, 5) is 0. The Balaban J connectivity index is 0. The van der Waals surface area contributed by atoms with Gasteiger partial charge in [-0.05, 0) is 26.1 Å². The molecular weight excluding hydrogens is 182 g/mol. The molecule has 74 valence electrons. The molecule has 13 heavy (non-hydrogen) atoms. The maximum atomic E-state index is 3.66. The molecule has 1 N–H and O–H groups in total. The third kappa shape index (κ3) is 9.12. The smallest absolute Gasteiger partial charge is 0.0100 e. The van der Waals surface area contributed by atoms with E-state index < -0.39 is 0 Å². The highest BCUT2D eigenvalue weighted by molar-refractivity contribution is 5.85. The summed E-state index contributed by atoms with van der Waals surface area (Å²) in [6, 6.07) is 10.3. The second kappa shape index (κ2) is 11.2. The Labute approximate surface area is 87.3 Å². The standard InChI is InChI=1S/C9H10.C2H7N.ClH/c1-2-6-9-7-4-3-5-8-9;1-3-2;/h2-5,7-8H,1,6H2;3H,1-2H3;1H. The van der Waals surface area contributed by atoms with Gasteiger partial charge < -0.3 is 5.32 Å². The molecule has 0 fully saturated rings. The minimum Gasteiger partial charge on any atom is -0.323 e. The van der Waals surface area contributed by atoms with E-state index in [9.17, 15) is 0 Å². The monoisotopic (exact) mass is 199 g/mol. The van der Waals surface area contributed by atoms with Crippen LogP contribution in [-0.2, 0) is 6.42 Å². The fraction of sp³-hybridized carbons (Fsp3) is 0.273. The second-order valence-electron chi connectivity index (χ2n) is 2.48. The zero-order chi connectivity index (χ0) is 9.23. The van der Waals surface area contributed by atoms with E-state index in [1.807, 2.05) is 38.4 Å². The van der Waals surface area contributed by atoms with Crippen LogP contribution in [0.15, 0.2) is 43.0 Å². The lowest BCUT2D eigenvalue weighted by molar-refractivity contribution is 1.02. The highest BCUT2D eigenvalue weighted by atomic mass is 35.5. The molecule has 0 radical (unpaired) electrons. The van der Waals surface area contributed by atoms with Crippen LogP contribution in [0.25, 0.3) is 0 Å². The van der Waals surface area contributed by atoms with E-state index in [1.165, 1.54) is 5.56 Å². The molecule has 1 rings (SSSR count). The van der Waals surface area contributed by atoms with Crippen molar-refractivity contribution in [3.05, 3.63) is 48.6 Å². The van der Waals surface area contributed by atoms with E-state index in [0.29, 0.717) is 0 Å². The van der Waals surface area contributed by atoms with Gasteiger partial charge in [0.2, 0.25) is 0 Å². The largest absolute Gasteiger partial charge is 0.323 e. The van der Waals surface area contributed by atoms with Crippen molar-refractivity contribution in [3.8, 4) is 0 Å². The topological polar surface area (TPSA) is 12.0 Å². The zero-order valence-electron chi connectivity index (χ0n) is 8.29. The Morgan fingerprint density at radius 1 is 1.23 bits per heavy atom. The van der Waals surface area contributed by atoms with E-state index in [-0.39, 0.29) is 12.4 Å². The Morgan fingerprint density at radius 2 is 1.69 bits per heavy atom. The van der Waals surface area contributed by atoms with Crippen LogP contribution in [0.5, 0.6) is 0 Å². The van der Waals surface area contributed by atoms with E-state index in [1.54, 1.807) is 0 Å². The van der Waals surface area contributed by atoms with Gasteiger partial charge in [0.05, 0.1) is 0 Å². The number of benzene rings is 1. The third-order valence-corrected chi connectivity index (χ3v) is 1.22. The van der Waals surface area contributed by atoms with Crippen molar-refractivity contribution in [1.29, 1.82) is 0 Å². The molecule has 0 saturated heterocycles. The van der Waals surface area contributed by atoms with Gasteiger partial charge in [0.25, 0.3) is 0 Å². The number of nitrogens with one attached hydrogen (secondary N) is 1. The molecule has 0 aliphatic carbocycles. The average molecular weight is 200 g/mol. The number of hydrogen-bond donors (Lipinski definition) is 1. The van der Waals surface area contributed by atoms with Crippen molar-refractivity contribution in [2.75, 3.05) is 14.1 Å². The predicted octanol–water partition coefficient (Wildman–Crippen LogP) is 2.67. The molecule has 0 amide bonds. The quantitative estimate of drug-likeness (QED) is 0.723. The fourth-order valence-corrected chi connectivity index (χ4v) is 0.781. The van der Waals surface area contributed by atoms with Crippen LogP contribution in [0.3, 0.4) is 0 Å². The summed E-state index contributed by atoms with van der Waals surface area (Å²) < 4.78 is 0. The molecular formula is C11H18ClN. The molecule has 0 heterocycles. The van der Waals surface area contributed by atoms with Gasteiger partial charge in [-0.1, -0.05) is 36.4 Å². The van der Waals surface area contributed by atoms with Gasteiger partial charge in [0, 0.05) is 0 Å². The van der Waals surface area contributed by atoms with Gasteiger partial charge in [-0.25, -0.2) is 0 Å². The highest BCUT2D eigenvalue weighted by Gasteiger charge is 1.82. The molecule has 1 nitrogen and oxygen atoms in total. The van der Waals surface area contributed by atoms with Gasteiger partial charge in [-0.15, -0.1) is 19.0 Å². The van der Waals surface area contributed by atoms with Gasteiger partial charge >= 0.3 is 0 Å². The van der Waals surface area contributed by atoms with Crippen molar-refractivity contribution in [1.82, 2.24) is 5.32 Å². The van der Waals surface area contributed by atoms with Crippen molar-refractivity contribution in [3.63, 3.8) is 0 Å². The molecule has 0 saturated carbocycles. The van der Waals surface area contributed by atoms with Crippen molar-refractivity contribution >= 4 is 12.4 Å². The number of rotatable bonds is 2. The van der Waals surface area contributed by atoms with Crippen LogP contribution >= 0.6 is 12.4 Å². The molecule has 0 bridgehead atoms. The summed E-state index contributed by atoms with van der Waals surface area (Å²) in [5.41, 5.74) is 1.33. The number of allylic oxidation sites excluding steroid dienone is 1. The first-order valence-corrected chi connectivity index (χ1v) is 4.08. The average Bonchev–Trinajstić information content (AvgIpc) is 2.08. The lowest BCUT2D eigenvalue weighted by Gasteiger charge is -1.91. The van der Waals surface area contributed by atoms with Crippen LogP contribution in [0.4, 0.5) is 0 Å². The summed E-state index contributed by atoms with van der Waals surface area (Å²) in [5.74, 6) is 0. The van der Waals surface area contributed by atoms with Crippen LogP contribution in [-0.4, -0.2) is 14.1 Å². The van der Waals surface area contributed by atoms with E-state index in [0.717, 1.165) is 6.42 Å². The first-order valence-electron chi connectivity index (χ1n) is 4.08. The Morgan fingerprint density at radius 3 is 2.08 bits per heavy atom. The van der Waals surface area contributed by atoms with Crippen LogP contribution in [0.1, 0.15) is 5.56 Å². The Hall–Kier alpha value is -0.790. The summed E-state index contributed by atoms with van der Waals surface area (Å²) >= 11 is 0. The maximum Gasteiger partial charge on any atom is -0.0100 e. The van der Waals surface area contributed by atoms with Gasteiger partial charge in [0.1, 0.15) is 0 Å². The molecule has 2 heteroatoms. The third-order valence-electron chi connectivity index (χ3n) is 1.22. The SMILES string of the molecule is C=CCc1ccccc1.CNC.Cl. The molecule has 0 unspecified atom stereocenters. The van der Waals surface area contributed by atoms with Gasteiger partial charge in [0.15, 0.2) is 0 Å². The number of hydrogen-bond acceptors (Lipinski definition) is 1. The normalized spacial score (nSPS) is 7.54. The van der Waals surface area contributed by atoms with Crippen molar-refractivity contribution < 1.29 is 0 Å². The summed E-state index contributed by atoms with van der Waals surface area (Å²) in [6.07, 6.45) is 2.89. The Bertz CT molecular complexity index is 197. The zero-order valence-corrected chi connectivity index (χ0v) is 9.10. The van der Waals surface area contributed by atoms with Crippen LogP contribution in [0.2, 0.25) is 0 Å². The molecule has 0 atom stereocenters. The van der Waals surface area contributed by atoms with E-state index in [2.05, 4.69) is 24.0 Å². The van der Waals surface area contributed by atoms with Gasteiger partial charge in [-0.3, -0.25) is 0 Å². The molecule has 0 aliphatic rings. The highest BCUT2D eigenvalue weighted by Crippen LogP contribution is 1.98. The molecule has 0 spiro atoms. The first-order chi connectivity index (χ1) is 5.85. The van der Waals surface area contributed by atoms with Gasteiger partial charge in [-0.2, -0.15) is 0 Å². The molecule has 0 aliphatic heterocycles.